The standard InChI is InChI=1S/C10H13F4N3O2/c1-19-9(18)7-6(3-2-4-11)8(15)17(16-7)5-10(12,13)14/h2-5,15H2,1H3. The van der Waals surface area contributed by atoms with Crippen LogP contribution in [-0.2, 0) is 17.7 Å². The Morgan fingerprint density at radius 1 is 1.47 bits per heavy atom. The van der Waals surface area contributed by atoms with Gasteiger partial charge in [0, 0.05) is 5.56 Å². The molecule has 0 radical (unpaired) electrons. The molecule has 0 saturated heterocycles. The lowest BCUT2D eigenvalue weighted by Gasteiger charge is -2.07. The number of esters is 1. The maximum atomic E-state index is 12.3. The highest BCUT2D eigenvalue weighted by molar-refractivity contribution is 5.90. The summed E-state index contributed by atoms with van der Waals surface area (Å²) in [7, 11) is 1.07. The zero-order valence-corrected chi connectivity index (χ0v) is 10.1. The van der Waals surface area contributed by atoms with Crippen molar-refractivity contribution in [2.75, 3.05) is 19.5 Å². The van der Waals surface area contributed by atoms with E-state index < -0.39 is 25.4 Å². The van der Waals surface area contributed by atoms with E-state index in [0.29, 0.717) is 4.68 Å². The number of alkyl halides is 4. The van der Waals surface area contributed by atoms with Crippen molar-refractivity contribution in [3.05, 3.63) is 11.3 Å². The minimum Gasteiger partial charge on any atom is -0.464 e. The van der Waals surface area contributed by atoms with Crippen LogP contribution in [0.25, 0.3) is 0 Å². The normalized spacial score (nSPS) is 11.6. The Hall–Kier alpha value is -1.80. The zero-order valence-electron chi connectivity index (χ0n) is 10.1. The van der Waals surface area contributed by atoms with E-state index in [4.69, 9.17) is 5.73 Å². The number of nitrogens with zero attached hydrogens (tertiary/aromatic N) is 2. The largest absolute Gasteiger partial charge is 0.464 e. The summed E-state index contributed by atoms with van der Waals surface area (Å²) in [6.45, 7) is -2.09. The van der Waals surface area contributed by atoms with Crippen LogP contribution in [0.1, 0.15) is 22.5 Å². The molecule has 0 aliphatic carbocycles. The molecule has 108 valence electrons. The number of hydrogen-bond donors (Lipinski definition) is 1. The molecule has 0 bridgehead atoms. The summed E-state index contributed by atoms with van der Waals surface area (Å²) >= 11 is 0. The van der Waals surface area contributed by atoms with E-state index >= 15 is 0 Å². The number of anilines is 1. The first-order valence-electron chi connectivity index (χ1n) is 5.36. The third-order valence-electron chi connectivity index (χ3n) is 2.36. The van der Waals surface area contributed by atoms with Gasteiger partial charge in [0.25, 0.3) is 0 Å². The van der Waals surface area contributed by atoms with Crippen LogP contribution in [0, 0.1) is 0 Å². The van der Waals surface area contributed by atoms with Gasteiger partial charge in [-0.05, 0) is 12.8 Å². The maximum absolute atomic E-state index is 12.3. The van der Waals surface area contributed by atoms with Crippen LogP contribution in [0.15, 0.2) is 0 Å². The second-order valence-corrected chi connectivity index (χ2v) is 3.77. The molecule has 19 heavy (non-hydrogen) atoms. The Kier molecular flexibility index (Phi) is 4.73. The fourth-order valence-corrected chi connectivity index (χ4v) is 1.55. The average molecular weight is 283 g/mol. The van der Waals surface area contributed by atoms with Crippen LogP contribution in [0.4, 0.5) is 23.4 Å². The fraction of sp³-hybridized carbons (Fsp3) is 0.600. The van der Waals surface area contributed by atoms with Crippen molar-refractivity contribution in [2.45, 2.75) is 25.6 Å². The molecular formula is C10H13F4N3O2. The van der Waals surface area contributed by atoms with Crippen molar-refractivity contribution in [1.82, 2.24) is 9.78 Å². The van der Waals surface area contributed by atoms with Gasteiger partial charge in [0.2, 0.25) is 0 Å². The molecule has 0 unspecified atom stereocenters. The highest BCUT2D eigenvalue weighted by atomic mass is 19.4. The summed E-state index contributed by atoms with van der Waals surface area (Å²) in [5.74, 6) is -1.20. The lowest BCUT2D eigenvalue weighted by molar-refractivity contribution is -0.142. The maximum Gasteiger partial charge on any atom is 0.408 e. The molecule has 1 heterocycles. The first-order valence-corrected chi connectivity index (χ1v) is 5.36. The van der Waals surface area contributed by atoms with Gasteiger partial charge < -0.3 is 10.5 Å². The molecule has 0 aliphatic heterocycles. The lowest BCUT2D eigenvalue weighted by Crippen LogP contribution is -2.20. The molecule has 9 heteroatoms. The molecule has 0 aromatic carbocycles. The topological polar surface area (TPSA) is 70.1 Å². The van der Waals surface area contributed by atoms with Gasteiger partial charge in [-0.25, -0.2) is 9.48 Å². The Bertz CT molecular complexity index is 456. The van der Waals surface area contributed by atoms with Gasteiger partial charge in [-0.3, -0.25) is 4.39 Å². The van der Waals surface area contributed by atoms with Gasteiger partial charge in [-0.2, -0.15) is 18.3 Å². The van der Waals surface area contributed by atoms with Gasteiger partial charge >= 0.3 is 12.1 Å². The van der Waals surface area contributed by atoms with Crippen LogP contribution < -0.4 is 5.73 Å². The smallest absolute Gasteiger partial charge is 0.408 e. The second-order valence-electron chi connectivity index (χ2n) is 3.77. The summed E-state index contributed by atoms with van der Waals surface area (Å²) in [5.41, 5.74) is 5.28. The van der Waals surface area contributed by atoms with Crippen LogP contribution in [0.5, 0.6) is 0 Å². The molecule has 0 spiro atoms. The van der Waals surface area contributed by atoms with E-state index in [1.165, 1.54) is 0 Å². The van der Waals surface area contributed by atoms with Crippen molar-refractivity contribution in [2.24, 2.45) is 0 Å². The Morgan fingerprint density at radius 3 is 2.58 bits per heavy atom. The summed E-state index contributed by atoms with van der Waals surface area (Å²) in [5, 5.41) is 3.49. The molecular weight excluding hydrogens is 270 g/mol. The van der Waals surface area contributed by atoms with E-state index in [1.54, 1.807) is 0 Å². The molecule has 0 atom stereocenters. The van der Waals surface area contributed by atoms with Crippen LogP contribution in [0.3, 0.4) is 0 Å². The molecule has 0 aliphatic rings. The molecule has 0 saturated carbocycles. The van der Waals surface area contributed by atoms with Gasteiger partial charge in [-0.1, -0.05) is 0 Å². The van der Waals surface area contributed by atoms with Crippen molar-refractivity contribution in [3.63, 3.8) is 0 Å². The molecule has 1 rings (SSSR count). The van der Waals surface area contributed by atoms with Crippen molar-refractivity contribution < 1.29 is 27.1 Å². The fourth-order valence-electron chi connectivity index (χ4n) is 1.55. The zero-order chi connectivity index (χ0) is 14.6. The van der Waals surface area contributed by atoms with Crippen LogP contribution in [-0.4, -0.2) is 35.7 Å². The minimum absolute atomic E-state index is 0.0185. The van der Waals surface area contributed by atoms with E-state index in [9.17, 15) is 22.4 Å². The Morgan fingerprint density at radius 2 is 2.11 bits per heavy atom. The monoisotopic (exact) mass is 283 g/mol. The SMILES string of the molecule is COC(=O)c1nn(CC(F)(F)F)c(N)c1CCCF. The summed E-state index contributed by atoms with van der Waals surface area (Å²) in [4.78, 5) is 11.4. The number of carbonyl (C=O) groups excluding carboxylic acids is 1. The molecule has 5 nitrogen and oxygen atoms in total. The average Bonchev–Trinajstić information content (AvgIpc) is 2.61. The Balaban J connectivity index is 3.14. The molecule has 1 aromatic heterocycles. The summed E-state index contributed by atoms with van der Waals surface area (Å²) in [6, 6.07) is 0. The first-order chi connectivity index (χ1) is 8.80. The quantitative estimate of drug-likeness (QED) is 0.659. The van der Waals surface area contributed by atoms with E-state index in [-0.39, 0.29) is 29.9 Å². The first kappa shape index (κ1) is 15.3. The third kappa shape index (κ3) is 3.83. The van der Waals surface area contributed by atoms with Gasteiger partial charge in [0.15, 0.2) is 5.69 Å². The number of carbonyl (C=O) groups is 1. The number of ether oxygens (including phenoxy) is 1. The lowest BCUT2D eigenvalue weighted by atomic mass is 10.1. The number of halogens is 4. The predicted molar refractivity (Wildman–Crippen MR) is 58.3 cm³/mol. The molecule has 0 amide bonds. The predicted octanol–water partition coefficient (Wildman–Crippen LogP) is 1.72. The van der Waals surface area contributed by atoms with E-state index in [2.05, 4.69) is 9.84 Å². The van der Waals surface area contributed by atoms with Gasteiger partial charge in [-0.15, -0.1) is 0 Å². The number of hydrogen-bond acceptors (Lipinski definition) is 4. The molecule has 1 aromatic rings. The van der Waals surface area contributed by atoms with Crippen LogP contribution in [0.2, 0.25) is 0 Å². The van der Waals surface area contributed by atoms with Crippen molar-refractivity contribution in [3.8, 4) is 0 Å². The second kappa shape index (κ2) is 5.89. The third-order valence-corrected chi connectivity index (χ3v) is 2.36. The number of aromatic nitrogens is 2. The van der Waals surface area contributed by atoms with Gasteiger partial charge in [0.05, 0.1) is 13.8 Å². The number of nitrogens with two attached hydrogens (primary N) is 1. The van der Waals surface area contributed by atoms with E-state index in [1.807, 2.05) is 0 Å². The van der Waals surface area contributed by atoms with E-state index in [0.717, 1.165) is 7.11 Å². The molecule has 0 fully saturated rings. The summed E-state index contributed by atoms with van der Waals surface area (Å²) < 4.78 is 53.9. The minimum atomic E-state index is -4.52. The highest BCUT2D eigenvalue weighted by Crippen LogP contribution is 2.24. The van der Waals surface area contributed by atoms with Crippen molar-refractivity contribution in [1.29, 1.82) is 0 Å². The highest BCUT2D eigenvalue weighted by Gasteiger charge is 2.32. The Labute approximate surface area is 106 Å². The van der Waals surface area contributed by atoms with Crippen molar-refractivity contribution >= 4 is 11.8 Å². The molecule has 2 N–H and O–H groups in total. The number of methoxy groups -OCH3 is 1. The number of rotatable bonds is 5. The summed E-state index contributed by atoms with van der Waals surface area (Å²) in [6.07, 6.45) is -4.47. The number of nitrogen functional groups attached to an aromatic ring is 1. The van der Waals surface area contributed by atoms with Crippen LogP contribution >= 0.6 is 0 Å². The van der Waals surface area contributed by atoms with Gasteiger partial charge in [0.1, 0.15) is 12.4 Å².